The highest BCUT2D eigenvalue weighted by Gasteiger charge is 2.09. The molecule has 1 amide bonds. The Bertz CT molecular complexity index is 95.0. The van der Waals surface area contributed by atoms with Gasteiger partial charge in [-0.25, -0.2) is 5.48 Å². The summed E-state index contributed by atoms with van der Waals surface area (Å²) >= 11 is 0. The molecule has 4 nitrogen and oxygen atoms in total. The lowest BCUT2D eigenvalue weighted by Crippen LogP contribution is -2.38. The molecule has 0 aliphatic carbocycles. The first kappa shape index (κ1) is 8.39. The fraction of sp³-hybridized carbons (Fsp3) is 0.800. The van der Waals surface area contributed by atoms with Crippen LogP contribution in [-0.2, 0) is 4.79 Å². The molecule has 0 aromatic rings. The predicted molar refractivity (Wildman–Crippen MR) is 32.8 cm³/mol. The third-order valence-electron chi connectivity index (χ3n) is 1.05. The van der Waals surface area contributed by atoms with E-state index in [1.807, 2.05) is 6.92 Å². The van der Waals surface area contributed by atoms with Crippen molar-refractivity contribution in [2.45, 2.75) is 25.8 Å². The van der Waals surface area contributed by atoms with Gasteiger partial charge in [-0.05, 0) is 6.42 Å². The largest absolute Gasteiger partial charge is 0.320 e. The van der Waals surface area contributed by atoms with Crippen LogP contribution in [0.5, 0.6) is 0 Å². The molecule has 0 rings (SSSR count). The quantitative estimate of drug-likeness (QED) is 0.362. The molecule has 0 fully saturated rings. The molecular weight excluding hydrogens is 120 g/mol. The zero-order valence-electron chi connectivity index (χ0n) is 5.42. The molecule has 4 N–H and O–H groups in total. The van der Waals surface area contributed by atoms with E-state index in [0.29, 0.717) is 6.42 Å². The Morgan fingerprint density at radius 1 is 1.89 bits per heavy atom. The van der Waals surface area contributed by atoms with Crippen molar-refractivity contribution < 1.29 is 10.0 Å². The third kappa shape index (κ3) is 3.05. The molecule has 0 aliphatic heterocycles. The summed E-state index contributed by atoms with van der Waals surface area (Å²) in [7, 11) is 0. The van der Waals surface area contributed by atoms with Gasteiger partial charge in [-0.1, -0.05) is 13.3 Å². The highest BCUT2D eigenvalue weighted by Crippen LogP contribution is 1.91. The number of hydrogen-bond acceptors (Lipinski definition) is 3. The zero-order chi connectivity index (χ0) is 7.28. The van der Waals surface area contributed by atoms with Gasteiger partial charge in [0.2, 0.25) is 0 Å². The van der Waals surface area contributed by atoms with Crippen LogP contribution in [0.15, 0.2) is 0 Å². The van der Waals surface area contributed by atoms with Crippen LogP contribution < -0.4 is 11.2 Å². The molecule has 9 heavy (non-hydrogen) atoms. The van der Waals surface area contributed by atoms with Gasteiger partial charge in [-0.3, -0.25) is 10.0 Å². The number of nitrogens with one attached hydrogen (secondary N) is 1. The number of hydrogen-bond donors (Lipinski definition) is 3. The number of amides is 1. The van der Waals surface area contributed by atoms with Crippen LogP contribution >= 0.6 is 0 Å². The number of carbonyl (C=O) groups is 1. The van der Waals surface area contributed by atoms with Crippen molar-refractivity contribution in [3.8, 4) is 0 Å². The van der Waals surface area contributed by atoms with Crippen LogP contribution in [-0.4, -0.2) is 17.2 Å². The van der Waals surface area contributed by atoms with Gasteiger partial charge in [0.15, 0.2) is 0 Å². The van der Waals surface area contributed by atoms with E-state index in [4.69, 9.17) is 10.9 Å². The van der Waals surface area contributed by atoms with Crippen molar-refractivity contribution in [1.82, 2.24) is 5.48 Å². The van der Waals surface area contributed by atoms with E-state index in [0.717, 1.165) is 6.42 Å². The average Bonchev–Trinajstić information content (AvgIpc) is 1.87. The van der Waals surface area contributed by atoms with Crippen LogP contribution in [0.4, 0.5) is 0 Å². The molecule has 0 bridgehead atoms. The molecule has 1 unspecified atom stereocenters. The van der Waals surface area contributed by atoms with E-state index in [1.54, 1.807) is 0 Å². The van der Waals surface area contributed by atoms with Gasteiger partial charge in [0.25, 0.3) is 5.91 Å². The van der Waals surface area contributed by atoms with Gasteiger partial charge in [0, 0.05) is 0 Å². The Kier molecular flexibility index (Phi) is 4.00. The van der Waals surface area contributed by atoms with E-state index in [1.165, 1.54) is 5.48 Å². The van der Waals surface area contributed by atoms with E-state index < -0.39 is 11.9 Å². The Labute approximate surface area is 54.0 Å². The summed E-state index contributed by atoms with van der Waals surface area (Å²) in [6, 6.07) is -0.569. The Hall–Kier alpha value is -0.610. The molecule has 0 saturated heterocycles. The maximum atomic E-state index is 10.4. The highest BCUT2D eigenvalue weighted by molar-refractivity contribution is 5.80. The monoisotopic (exact) mass is 132 g/mol. The van der Waals surface area contributed by atoms with Crippen molar-refractivity contribution in [2.75, 3.05) is 0 Å². The molecule has 0 spiro atoms. The maximum Gasteiger partial charge on any atom is 0.260 e. The highest BCUT2D eigenvalue weighted by atomic mass is 16.5. The minimum atomic E-state index is -0.569. The first-order valence-electron chi connectivity index (χ1n) is 2.92. The fourth-order valence-electron chi connectivity index (χ4n) is 0.525. The molecule has 0 aromatic heterocycles. The summed E-state index contributed by atoms with van der Waals surface area (Å²) in [5.41, 5.74) is 6.75. The summed E-state index contributed by atoms with van der Waals surface area (Å²) in [5.74, 6) is -0.517. The lowest BCUT2D eigenvalue weighted by molar-refractivity contribution is -0.130. The van der Waals surface area contributed by atoms with Gasteiger partial charge in [-0.2, -0.15) is 0 Å². The summed E-state index contributed by atoms with van der Waals surface area (Å²) in [5, 5.41) is 8.05. The molecular formula is C5H12N2O2. The van der Waals surface area contributed by atoms with Gasteiger partial charge in [-0.15, -0.1) is 0 Å². The van der Waals surface area contributed by atoms with Gasteiger partial charge >= 0.3 is 0 Å². The van der Waals surface area contributed by atoms with Crippen LogP contribution in [0.2, 0.25) is 0 Å². The van der Waals surface area contributed by atoms with Crippen LogP contribution in [0.25, 0.3) is 0 Å². The van der Waals surface area contributed by atoms with Crippen molar-refractivity contribution in [3.05, 3.63) is 0 Å². The second kappa shape index (κ2) is 4.29. The minimum absolute atomic E-state index is 0.517. The van der Waals surface area contributed by atoms with Gasteiger partial charge in [0.05, 0.1) is 6.04 Å². The van der Waals surface area contributed by atoms with Crippen molar-refractivity contribution in [2.24, 2.45) is 5.73 Å². The number of carbonyl (C=O) groups excluding carboxylic acids is 1. The van der Waals surface area contributed by atoms with Crippen molar-refractivity contribution in [3.63, 3.8) is 0 Å². The molecule has 0 aliphatic rings. The van der Waals surface area contributed by atoms with E-state index in [-0.39, 0.29) is 0 Å². The summed E-state index contributed by atoms with van der Waals surface area (Å²) < 4.78 is 0. The van der Waals surface area contributed by atoms with Crippen LogP contribution in [0, 0.1) is 0 Å². The topological polar surface area (TPSA) is 75.4 Å². The normalized spacial score (nSPS) is 12.8. The molecule has 54 valence electrons. The third-order valence-corrected chi connectivity index (χ3v) is 1.05. The Morgan fingerprint density at radius 2 is 2.44 bits per heavy atom. The van der Waals surface area contributed by atoms with E-state index in [9.17, 15) is 4.79 Å². The molecule has 0 saturated carbocycles. The molecule has 1 atom stereocenters. The number of rotatable bonds is 3. The lowest BCUT2D eigenvalue weighted by Gasteiger charge is -2.05. The lowest BCUT2D eigenvalue weighted by atomic mass is 10.2. The SMILES string of the molecule is CCCC(N)C(=O)NO. The van der Waals surface area contributed by atoms with Crippen LogP contribution in [0.3, 0.4) is 0 Å². The average molecular weight is 132 g/mol. The summed E-state index contributed by atoms with van der Waals surface area (Å²) in [6.07, 6.45) is 1.45. The molecule has 0 radical (unpaired) electrons. The van der Waals surface area contributed by atoms with Crippen molar-refractivity contribution >= 4 is 5.91 Å². The first-order valence-corrected chi connectivity index (χ1v) is 2.92. The van der Waals surface area contributed by atoms with E-state index >= 15 is 0 Å². The fourth-order valence-corrected chi connectivity index (χ4v) is 0.525. The molecule has 0 aromatic carbocycles. The molecule has 0 heterocycles. The van der Waals surface area contributed by atoms with Crippen LogP contribution in [0.1, 0.15) is 19.8 Å². The summed E-state index contributed by atoms with van der Waals surface area (Å²) in [6.45, 7) is 1.92. The predicted octanol–water partition coefficient (Wildman–Crippen LogP) is -0.381. The molecule has 4 heteroatoms. The first-order chi connectivity index (χ1) is 4.22. The Balaban J connectivity index is 3.45. The van der Waals surface area contributed by atoms with Gasteiger partial charge < -0.3 is 5.73 Å². The minimum Gasteiger partial charge on any atom is -0.320 e. The standard InChI is InChI=1S/C5H12N2O2/c1-2-3-4(6)5(8)7-9/h4,9H,2-3,6H2,1H3,(H,7,8). The number of hydroxylamine groups is 1. The second-order valence-corrected chi connectivity index (χ2v) is 1.87. The maximum absolute atomic E-state index is 10.4. The zero-order valence-corrected chi connectivity index (χ0v) is 5.42. The van der Waals surface area contributed by atoms with E-state index in [2.05, 4.69) is 0 Å². The van der Waals surface area contributed by atoms with Crippen molar-refractivity contribution in [1.29, 1.82) is 0 Å². The smallest absolute Gasteiger partial charge is 0.260 e. The van der Waals surface area contributed by atoms with Gasteiger partial charge in [0.1, 0.15) is 0 Å². The summed E-state index contributed by atoms with van der Waals surface area (Å²) in [4.78, 5) is 10.4. The second-order valence-electron chi connectivity index (χ2n) is 1.87. The Morgan fingerprint density at radius 3 is 2.78 bits per heavy atom. The number of nitrogens with two attached hydrogens (primary N) is 1.